The van der Waals surface area contributed by atoms with Gasteiger partial charge in [0.25, 0.3) is 0 Å². The molecular formula is C22H43N3. The fourth-order valence-corrected chi connectivity index (χ4v) is 3.61. The second-order valence-electron chi connectivity index (χ2n) is 7.65. The van der Waals surface area contributed by atoms with E-state index in [0.29, 0.717) is 6.67 Å². The molecule has 0 aliphatic heterocycles. The lowest BCUT2D eigenvalue weighted by Crippen LogP contribution is -2.09. The van der Waals surface area contributed by atoms with Crippen LogP contribution in [0, 0.1) is 6.92 Å². The molecule has 1 heterocycles. The average molecular weight is 350 g/mol. The van der Waals surface area contributed by atoms with Crippen molar-refractivity contribution in [2.24, 2.45) is 5.73 Å². The molecule has 0 aliphatic carbocycles. The normalized spacial score (nSPS) is 11.3. The lowest BCUT2D eigenvalue weighted by Gasteiger charge is -2.05. The molecule has 3 heteroatoms. The number of hydrogen-bond acceptors (Lipinski definition) is 2. The van der Waals surface area contributed by atoms with Crippen LogP contribution in [0.15, 0.2) is 6.20 Å². The Bertz CT molecular complexity index is 411. The fraction of sp³-hybridized carbons (Fsp3) is 0.864. The topological polar surface area (TPSA) is 43.8 Å². The van der Waals surface area contributed by atoms with Crippen LogP contribution in [0.4, 0.5) is 0 Å². The van der Waals surface area contributed by atoms with Gasteiger partial charge in [0.05, 0.1) is 12.4 Å². The molecule has 25 heavy (non-hydrogen) atoms. The van der Waals surface area contributed by atoms with Crippen LogP contribution in [0.2, 0.25) is 0 Å². The van der Waals surface area contributed by atoms with Crippen molar-refractivity contribution in [3.05, 3.63) is 17.7 Å². The van der Waals surface area contributed by atoms with Crippen LogP contribution in [0.3, 0.4) is 0 Å². The highest BCUT2D eigenvalue weighted by Gasteiger charge is 2.03. The van der Waals surface area contributed by atoms with Crippen LogP contribution in [-0.4, -0.2) is 9.55 Å². The molecule has 3 nitrogen and oxygen atoms in total. The fourth-order valence-electron chi connectivity index (χ4n) is 3.61. The minimum atomic E-state index is 0.551. The van der Waals surface area contributed by atoms with Crippen molar-refractivity contribution < 1.29 is 0 Å². The Hall–Kier alpha value is -0.830. The van der Waals surface area contributed by atoms with E-state index in [1.807, 2.05) is 6.92 Å². The number of hydrogen-bond donors (Lipinski definition) is 1. The van der Waals surface area contributed by atoms with E-state index < -0.39 is 0 Å². The summed E-state index contributed by atoms with van der Waals surface area (Å²) in [5, 5.41) is 0. The van der Waals surface area contributed by atoms with E-state index in [2.05, 4.69) is 22.7 Å². The molecular weight excluding hydrogens is 306 g/mol. The van der Waals surface area contributed by atoms with Crippen molar-refractivity contribution >= 4 is 0 Å². The zero-order chi connectivity index (χ0) is 18.2. The van der Waals surface area contributed by atoms with E-state index in [1.165, 1.54) is 96.3 Å². The van der Waals surface area contributed by atoms with E-state index in [1.54, 1.807) is 0 Å². The smallest absolute Gasteiger partial charge is 0.110 e. The first-order valence-corrected chi connectivity index (χ1v) is 11.0. The van der Waals surface area contributed by atoms with Gasteiger partial charge >= 0.3 is 0 Å². The molecule has 0 fully saturated rings. The largest absolute Gasteiger partial charge is 0.322 e. The SMILES string of the molecule is CCCCCCCCCCCCCCCCCc1nc(C)cn1CN. The Kier molecular flexibility index (Phi) is 13.7. The van der Waals surface area contributed by atoms with Gasteiger partial charge in [0.1, 0.15) is 5.82 Å². The van der Waals surface area contributed by atoms with Crippen LogP contribution in [-0.2, 0) is 13.1 Å². The number of nitrogens with zero attached hydrogens (tertiary/aromatic N) is 2. The Morgan fingerprint density at radius 2 is 1.20 bits per heavy atom. The van der Waals surface area contributed by atoms with E-state index in [9.17, 15) is 0 Å². The molecule has 0 aromatic carbocycles. The van der Waals surface area contributed by atoms with Crippen molar-refractivity contribution in [1.29, 1.82) is 0 Å². The van der Waals surface area contributed by atoms with Gasteiger partial charge in [-0.25, -0.2) is 4.98 Å². The van der Waals surface area contributed by atoms with E-state index in [-0.39, 0.29) is 0 Å². The maximum atomic E-state index is 5.74. The highest BCUT2D eigenvalue weighted by molar-refractivity contribution is 5.02. The number of imidazole rings is 1. The summed E-state index contributed by atoms with van der Waals surface area (Å²) in [4.78, 5) is 4.57. The minimum absolute atomic E-state index is 0.551. The van der Waals surface area contributed by atoms with Crippen molar-refractivity contribution in [1.82, 2.24) is 9.55 Å². The molecule has 1 aromatic rings. The van der Waals surface area contributed by atoms with Gasteiger partial charge < -0.3 is 10.3 Å². The summed E-state index contributed by atoms with van der Waals surface area (Å²) in [6.07, 6.45) is 24.3. The van der Waals surface area contributed by atoms with Gasteiger partial charge in [-0.2, -0.15) is 0 Å². The number of unbranched alkanes of at least 4 members (excludes halogenated alkanes) is 14. The Morgan fingerprint density at radius 1 is 0.760 bits per heavy atom. The lowest BCUT2D eigenvalue weighted by atomic mass is 10.0. The molecule has 0 amide bonds. The monoisotopic (exact) mass is 349 g/mol. The second kappa shape index (κ2) is 15.4. The van der Waals surface area contributed by atoms with Gasteiger partial charge in [0.15, 0.2) is 0 Å². The second-order valence-corrected chi connectivity index (χ2v) is 7.65. The summed E-state index contributed by atoms with van der Waals surface area (Å²) in [6, 6.07) is 0. The van der Waals surface area contributed by atoms with Gasteiger partial charge in [0.2, 0.25) is 0 Å². The predicted molar refractivity (Wildman–Crippen MR) is 110 cm³/mol. The van der Waals surface area contributed by atoms with Crippen molar-refractivity contribution in [2.75, 3.05) is 0 Å². The maximum Gasteiger partial charge on any atom is 0.110 e. The molecule has 0 atom stereocenters. The zero-order valence-electron chi connectivity index (χ0n) is 17.1. The van der Waals surface area contributed by atoms with Crippen LogP contribution < -0.4 is 5.73 Å². The van der Waals surface area contributed by atoms with Crippen LogP contribution in [0.1, 0.15) is 115 Å². The highest BCUT2D eigenvalue weighted by atomic mass is 15.1. The Balaban J connectivity index is 1.81. The lowest BCUT2D eigenvalue weighted by molar-refractivity contribution is 0.530. The molecule has 1 rings (SSSR count). The minimum Gasteiger partial charge on any atom is -0.322 e. The quantitative estimate of drug-likeness (QED) is 0.325. The Morgan fingerprint density at radius 3 is 1.64 bits per heavy atom. The third-order valence-electron chi connectivity index (χ3n) is 5.18. The van der Waals surface area contributed by atoms with Crippen molar-refractivity contribution in [3.8, 4) is 0 Å². The maximum absolute atomic E-state index is 5.74. The molecule has 0 unspecified atom stereocenters. The molecule has 2 N–H and O–H groups in total. The van der Waals surface area contributed by atoms with Gasteiger partial charge in [-0.05, 0) is 13.3 Å². The molecule has 0 saturated carbocycles. The third kappa shape index (κ3) is 11.4. The van der Waals surface area contributed by atoms with Crippen LogP contribution >= 0.6 is 0 Å². The number of nitrogens with two attached hydrogens (primary N) is 1. The highest BCUT2D eigenvalue weighted by Crippen LogP contribution is 2.14. The van der Waals surface area contributed by atoms with E-state index in [4.69, 9.17) is 5.73 Å². The predicted octanol–water partition coefficient (Wildman–Crippen LogP) is 6.52. The zero-order valence-corrected chi connectivity index (χ0v) is 17.1. The van der Waals surface area contributed by atoms with E-state index >= 15 is 0 Å². The average Bonchev–Trinajstić information content (AvgIpc) is 2.98. The number of aromatic nitrogens is 2. The molecule has 1 aromatic heterocycles. The summed E-state index contributed by atoms with van der Waals surface area (Å²) >= 11 is 0. The number of aryl methyl sites for hydroxylation is 2. The first kappa shape index (κ1) is 22.2. The molecule has 0 saturated heterocycles. The third-order valence-corrected chi connectivity index (χ3v) is 5.18. The van der Waals surface area contributed by atoms with Crippen molar-refractivity contribution in [2.45, 2.75) is 123 Å². The molecule has 0 bridgehead atoms. The van der Waals surface area contributed by atoms with Gasteiger partial charge in [-0.3, -0.25) is 0 Å². The summed E-state index contributed by atoms with van der Waals surface area (Å²) in [5.41, 5.74) is 6.83. The first-order valence-electron chi connectivity index (χ1n) is 11.0. The molecule has 0 spiro atoms. The van der Waals surface area contributed by atoms with Crippen molar-refractivity contribution in [3.63, 3.8) is 0 Å². The van der Waals surface area contributed by atoms with Gasteiger partial charge in [-0.1, -0.05) is 96.8 Å². The van der Waals surface area contributed by atoms with Crippen LogP contribution in [0.25, 0.3) is 0 Å². The summed E-state index contributed by atoms with van der Waals surface area (Å²) in [6.45, 7) is 4.88. The van der Waals surface area contributed by atoms with Gasteiger partial charge in [0, 0.05) is 12.6 Å². The van der Waals surface area contributed by atoms with Crippen LogP contribution in [0.5, 0.6) is 0 Å². The first-order chi connectivity index (χ1) is 12.3. The standard InChI is InChI=1S/C22H43N3/c1-3-4-5-6-7-8-9-10-11-12-13-14-15-16-17-18-22-24-21(2)19-25(22)20-23/h19H,3-18,20,23H2,1-2H3. The Labute approximate surface area is 156 Å². The summed E-state index contributed by atoms with van der Waals surface area (Å²) < 4.78 is 2.08. The molecule has 0 aliphatic rings. The van der Waals surface area contributed by atoms with Gasteiger partial charge in [-0.15, -0.1) is 0 Å². The number of rotatable bonds is 17. The summed E-state index contributed by atoms with van der Waals surface area (Å²) in [5.74, 6) is 1.16. The van der Waals surface area contributed by atoms with E-state index in [0.717, 1.165) is 17.9 Å². The molecule has 146 valence electrons. The summed E-state index contributed by atoms with van der Waals surface area (Å²) in [7, 11) is 0. The molecule has 0 radical (unpaired) electrons.